The molecule has 0 saturated heterocycles. The fraction of sp³-hybridized carbons (Fsp3) is 0.300. The number of imidazole rings is 1. The van der Waals surface area contributed by atoms with Crippen LogP contribution in [0.3, 0.4) is 0 Å². The zero-order valence-electron chi connectivity index (χ0n) is 8.09. The minimum absolute atomic E-state index is 0.803. The van der Waals surface area contributed by atoms with Gasteiger partial charge in [0.1, 0.15) is 0 Å². The molecule has 0 amide bonds. The van der Waals surface area contributed by atoms with Crippen molar-refractivity contribution in [3.05, 3.63) is 24.3 Å². The Bertz CT molecular complexity index is 374. The molecule has 0 unspecified atom stereocenters. The first-order chi connectivity index (χ1) is 6.90. The van der Waals surface area contributed by atoms with Crippen molar-refractivity contribution in [1.82, 2.24) is 15.3 Å². The number of aromatic amines is 1. The normalized spacial score (nSPS) is 10.6. The van der Waals surface area contributed by atoms with Gasteiger partial charge in [0, 0.05) is 19.2 Å². The van der Waals surface area contributed by atoms with Gasteiger partial charge in [0.15, 0.2) is 0 Å². The second kappa shape index (κ2) is 4.11. The number of hydrogen-bond acceptors (Lipinski definition) is 3. The third-order valence-corrected chi connectivity index (χ3v) is 1.98. The number of aromatic nitrogens is 2. The van der Waals surface area contributed by atoms with Crippen molar-refractivity contribution in [2.24, 2.45) is 0 Å². The molecule has 0 saturated carbocycles. The fourth-order valence-corrected chi connectivity index (χ4v) is 1.28. The summed E-state index contributed by atoms with van der Waals surface area (Å²) in [6.45, 7) is 1.77. The molecule has 1 aromatic heterocycles. The van der Waals surface area contributed by atoms with Gasteiger partial charge in [-0.3, -0.25) is 0 Å². The Morgan fingerprint density at radius 2 is 2.43 bits per heavy atom. The van der Waals surface area contributed by atoms with Crippen molar-refractivity contribution in [1.29, 1.82) is 0 Å². The summed E-state index contributed by atoms with van der Waals surface area (Å²) in [6.07, 6.45) is 0. The third-order valence-electron chi connectivity index (χ3n) is 1.98. The van der Waals surface area contributed by atoms with Gasteiger partial charge in [-0.1, -0.05) is 12.1 Å². The fourth-order valence-electron chi connectivity index (χ4n) is 1.28. The summed E-state index contributed by atoms with van der Waals surface area (Å²) in [6, 6.07) is 8.86. The molecule has 0 spiro atoms. The molecule has 1 heterocycles. The molecule has 4 heteroatoms. The second-order valence-electron chi connectivity index (χ2n) is 3.05. The zero-order chi connectivity index (χ0) is 9.80. The molecule has 2 aromatic rings. The largest absolute Gasteiger partial charge is 0.355 e. The zero-order valence-corrected chi connectivity index (χ0v) is 8.09. The number of anilines is 1. The summed E-state index contributed by atoms with van der Waals surface area (Å²) in [7, 11) is 1.92. The third kappa shape index (κ3) is 1.85. The molecular formula is C10H13N4. The summed E-state index contributed by atoms with van der Waals surface area (Å²) in [5.41, 5.74) is 1.89. The number of H-pyrrole nitrogens is 1. The highest BCUT2D eigenvalue weighted by atomic mass is 15.1. The van der Waals surface area contributed by atoms with Crippen molar-refractivity contribution in [2.75, 3.05) is 25.5 Å². The standard InChI is InChI=1S/C10H13N4/c1-11-6-7-12-10-13-8-4-2-3-5-9(8)14-10/h2-4,11H,6-7H2,1H3,(H2,12,13,14). The maximum atomic E-state index is 4.33. The Labute approximate surface area is 82.7 Å². The average Bonchev–Trinajstić information content (AvgIpc) is 2.60. The van der Waals surface area contributed by atoms with Crippen LogP contribution in [0.2, 0.25) is 0 Å². The molecule has 3 N–H and O–H groups in total. The maximum Gasteiger partial charge on any atom is 0.201 e. The first kappa shape index (κ1) is 9.02. The van der Waals surface area contributed by atoms with Gasteiger partial charge in [-0.05, 0) is 13.1 Å². The minimum Gasteiger partial charge on any atom is -0.355 e. The predicted molar refractivity (Wildman–Crippen MR) is 57.3 cm³/mol. The second-order valence-corrected chi connectivity index (χ2v) is 3.05. The summed E-state index contributed by atoms with van der Waals surface area (Å²) in [5, 5.41) is 6.25. The Balaban J connectivity index is 2.11. The molecular weight excluding hydrogens is 176 g/mol. The van der Waals surface area contributed by atoms with E-state index in [-0.39, 0.29) is 0 Å². The van der Waals surface area contributed by atoms with E-state index in [0.29, 0.717) is 0 Å². The van der Waals surface area contributed by atoms with E-state index in [0.717, 1.165) is 30.1 Å². The van der Waals surface area contributed by atoms with Crippen LogP contribution in [0.5, 0.6) is 0 Å². The number of nitrogens with one attached hydrogen (secondary N) is 3. The molecule has 0 bridgehead atoms. The van der Waals surface area contributed by atoms with Crippen LogP contribution in [-0.4, -0.2) is 30.1 Å². The van der Waals surface area contributed by atoms with Gasteiger partial charge in [-0.15, -0.1) is 0 Å². The highest BCUT2D eigenvalue weighted by molar-refractivity contribution is 5.76. The molecule has 0 aliphatic rings. The Kier molecular flexibility index (Phi) is 2.65. The molecule has 0 atom stereocenters. The lowest BCUT2D eigenvalue weighted by Gasteiger charge is -1.99. The molecule has 0 fully saturated rings. The van der Waals surface area contributed by atoms with E-state index in [1.807, 2.05) is 25.2 Å². The van der Waals surface area contributed by atoms with Gasteiger partial charge in [-0.2, -0.15) is 0 Å². The van der Waals surface area contributed by atoms with Crippen molar-refractivity contribution in [2.45, 2.75) is 0 Å². The molecule has 2 rings (SSSR count). The van der Waals surface area contributed by atoms with Gasteiger partial charge >= 0.3 is 0 Å². The minimum atomic E-state index is 0.803. The van der Waals surface area contributed by atoms with Gasteiger partial charge in [0.2, 0.25) is 5.95 Å². The number of rotatable bonds is 4. The van der Waals surface area contributed by atoms with Crippen molar-refractivity contribution in [3.63, 3.8) is 0 Å². The van der Waals surface area contributed by atoms with Crippen LogP contribution in [0.1, 0.15) is 0 Å². The Morgan fingerprint density at radius 3 is 3.21 bits per heavy atom. The molecule has 0 aliphatic heterocycles. The monoisotopic (exact) mass is 189 g/mol. The number of likely N-dealkylation sites (N-methyl/N-ethyl adjacent to an activating group) is 1. The van der Waals surface area contributed by atoms with E-state index in [1.54, 1.807) is 0 Å². The summed E-state index contributed by atoms with van der Waals surface area (Å²) < 4.78 is 0. The van der Waals surface area contributed by atoms with E-state index in [1.165, 1.54) is 0 Å². The van der Waals surface area contributed by atoms with Crippen LogP contribution in [0, 0.1) is 6.07 Å². The average molecular weight is 189 g/mol. The lowest BCUT2D eigenvalue weighted by atomic mass is 10.3. The van der Waals surface area contributed by atoms with Crippen molar-refractivity contribution >= 4 is 17.0 Å². The van der Waals surface area contributed by atoms with E-state index in [9.17, 15) is 0 Å². The van der Waals surface area contributed by atoms with Gasteiger partial charge in [-0.25, -0.2) is 4.98 Å². The summed E-state index contributed by atoms with van der Waals surface area (Å²) in [5.74, 6) is 0.803. The van der Waals surface area contributed by atoms with E-state index < -0.39 is 0 Å². The SMILES string of the molecule is CNCCNc1nc2[c]cccc2[nH]1. The lowest BCUT2D eigenvalue weighted by molar-refractivity contribution is 0.820. The lowest BCUT2D eigenvalue weighted by Crippen LogP contribution is -2.18. The number of nitrogens with zero attached hydrogens (tertiary/aromatic N) is 1. The van der Waals surface area contributed by atoms with Gasteiger partial charge in [0.05, 0.1) is 11.0 Å². The molecule has 1 aromatic carbocycles. The molecule has 14 heavy (non-hydrogen) atoms. The molecule has 0 aliphatic carbocycles. The number of benzene rings is 1. The van der Waals surface area contributed by atoms with Crippen LogP contribution in [0.4, 0.5) is 5.95 Å². The topological polar surface area (TPSA) is 52.7 Å². The first-order valence-corrected chi connectivity index (χ1v) is 4.65. The van der Waals surface area contributed by atoms with Crippen molar-refractivity contribution < 1.29 is 0 Å². The summed E-state index contributed by atoms with van der Waals surface area (Å²) >= 11 is 0. The smallest absolute Gasteiger partial charge is 0.201 e. The number of para-hydroxylation sites is 1. The number of fused-ring (bicyclic) bond motifs is 1. The van der Waals surface area contributed by atoms with E-state index in [2.05, 4.69) is 26.7 Å². The van der Waals surface area contributed by atoms with Crippen LogP contribution < -0.4 is 10.6 Å². The molecule has 73 valence electrons. The van der Waals surface area contributed by atoms with E-state index in [4.69, 9.17) is 0 Å². The van der Waals surface area contributed by atoms with Crippen LogP contribution in [0.15, 0.2) is 18.2 Å². The van der Waals surface area contributed by atoms with Crippen LogP contribution in [0.25, 0.3) is 11.0 Å². The van der Waals surface area contributed by atoms with E-state index >= 15 is 0 Å². The first-order valence-electron chi connectivity index (χ1n) is 4.65. The van der Waals surface area contributed by atoms with Gasteiger partial charge in [0.25, 0.3) is 0 Å². The Hall–Kier alpha value is -1.55. The summed E-state index contributed by atoms with van der Waals surface area (Å²) in [4.78, 5) is 7.51. The quantitative estimate of drug-likeness (QED) is 0.629. The maximum absolute atomic E-state index is 4.33. The van der Waals surface area contributed by atoms with Gasteiger partial charge < -0.3 is 15.6 Å². The molecule has 4 nitrogen and oxygen atoms in total. The highest BCUT2D eigenvalue weighted by Crippen LogP contribution is 2.11. The Morgan fingerprint density at radius 1 is 1.50 bits per heavy atom. The number of hydrogen-bond donors (Lipinski definition) is 3. The van der Waals surface area contributed by atoms with Crippen LogP contribution in [-0.2, 0) is 0 Å². The molecule has 1 radical (unpaired) electrons. The predicted octanol–water partition coefficient (Wildman–Crippen LogP) is 0.994. The van der Waals surface area contributed by atoms with Crippen LogP contribution >= 0.6 is 0 Å². The highest BCUT2D eigenvalue weighted by Gasteiger charge is 1.99. The van der Waals surface area contributed by atoms with Crippen molar-refractivity contribution in [3.8, 4) is 0 Å².